The maximum atomic E-state index is 12.6. The molecule has 0 radical (unpaired) electrons. The van der Waals surface area contributed by atoms with E-state index in [4.69, 9.17) is 16.3 Å². The number of hydrogen-bond acceptors (Lipinski definition) is 6. The Morgan fingerprint density at radius 1 is 0.974 bits per heavy atom. The van der Waals surface area contributed by atoms with Crippen LogP contribution in [-0.4, -0.2) is 39.3 Å². The summed E-state index contributed by atoms with van der Waals surface area (Å²) in [4.78, 5) is 25.0. The summed E-state index contributed by atoms with van der Waals surface area (Å²) in [6.45, 7) is 0.480. The van der Waals surface area contributed by atoms with E-state index >= 15 is 0 Å². The molecule has 1 amide bonds. The van der Waals surface area contributed by atoms with Crippen molar-refractivity contribution in [3.05, 3.63) is 101 Å². The van der Waals surface area contributed by atoms with E-state index in [1.54, 1.807) is 7.11 Å². The normalized spacial score (nSPS) is 10.8. The van der Waals surface area contributed by atoms with Crippen LogP contribution in [0.1, 0.15) is 41.0 Å². The Balaban J connectivity index is 1.33. The Hall–Kier alpha value is -3.62. The van der Waals surface area contributed by atoms with Crippen LogP contribution in [0.2, 0.25) is 5.02 Å². The van der Waals surface area contributed by atoms with Crippen molar-refractivity contribution in [2.75, 3.05) is 12.9 Å². The first-order chi connectivity index (χ1) is 18.5. The van der Waals surface area contributed by atoms with Gasteiger partial charge in [-0.2, -0.15) is 0 Å². The van der Waals surface area contributed by atoms with E-state index in [0.29, 0.717) is 41.5 Å². The number of carbonyl (C=O) groups excluding carboxylic acids is 2. The second-order valence-electron chi connectivity index (χ2n) is 8.62. The number of aryl methyl sites for hydroxylation is 1. The first-order valence-electron chi connectivity index (χ1n) is 12.3. The lowest BCUT2D eigenvalue weighted by molar-refractivity contribution is -0.121. The Labute approximate surface area is 231 Å². The fraction of sp³-hybridized carbons (Fsp3) is 0.241. The summed E-state index contributed by atoms with van der Waals surface area (Å²) < 4.78 is 7.10. The average molecular weight is 549 g/mol. The number of methoxy groups -OCH3 is 1. The Kier molecular flexibility index (Phi) is 9.95. The van der Waals surface area contributed by atoms with Crippen LogP contribution < -0.4 is 10.1 Å². The molecule has 0 aliphatic carbocycles. The van der Waals surface area contributed by atoms with Gasteiger partial charge in [-0.15, -0.1) is 10.2 Å². The number of aromatic nitrogens is 3. The van der Waals surface area contributed by atoms with Gasteiger partial charge in [0.15, 0.2) is 10.9 Å². The van der Waals surface area contributed by atoms with Gasteiger partial charge in [-0.25, -0.2) is 0 Å². The third-order valence-electron chi connectivity index (χ3n) is 5.90. The lowest BCUT2D eigenvalue weighted by atomic mass is 10.1. The van der Waals surface area contributed by atoms with Gasteiger partial charge >= 0.3 is 0 Å². The molecule has 196 valence electrons. The second kappa shape index (κ2) is 13.8. The SMILES string of the molecule is COc1ccc(CNC(=O)CCCCc2nnc(SCC(=O)c3ccccc3)n2-c2cccc(Cl)c2)cc1. The molecular formula is C29H29ClN4O3S. The van der Waals surface area contributed by atoms with Gasteiger partial charge in [0.2, 0.25) is 5.91 Å². The van der Waals surface area contributed by atoms with Crippen molar-refractivity contribution >= 4 is 35.1 Å². The second-order valence-corrected chi connectivity index (χ2v) is 10.0. The number of unbranched alkanes of at least 4 members (excludes halogenated alkanes) is 1. The van der Waals surface area contributed by atoms with Crippen molar-refractivity contribution in [1.29, 1.82) is 0 Å². The highest BCUT2D eigenvalue weighted by atomic mass is 35.5. The number of Topliss-reactive ketones (excluding diaryl/α,β-unsaturated/α-hetero) is 1. The van der Waals surface area contributed by atoms with Crippen LogP contribution in [0.5, 0.6) is 5.75 Å². The standard InChI is InChI=1S/C29H29ClN4O3S/c1-37-25-16-14-21(15-17-25)19-31-28(36)13-6-5-12-27-32-33-29(34(27)24-11-7-10-23(30)18-24)38-20-26(35)22-8-3-2-4-9-22/h2-4,7-11,14-18H,5-6,12-13,19-20H2,1H3,(H,31,36). The number of ether oxygens (including phenoxy) is 1. The predicted molar refractivity (Wildman–Crippen MR) is 150 cm³/mol. The molecular weight excluding hydrogens is 520 g/mol. The van der Waals surface area contributed by atoms with Crippen LogP contribution in [0.4, 0.5) is 0 Å². The van der Waals surface area contributed by atoms with Gasteiger partial charge in [-0.05, 0) is 48.7 Å². The summed E-state index contributed by atoms with van der Waals surface area (Å²) in [5, 5.41) is 13.0. The van der Waals surface area contributed by atoms with Gasteiger partial charge in [-0.3, -0.25) is 14.2 Å². The topological polar surface area (TPSA) is 86.1 Å². The smallest absolute Gasteiger partial charge is 0.220 e. The molecule has 0 fully saturated rings. The highest BCUT2D eigenvalue weighted by Crippen LogP contribution is 2.25. The molecule has 0 saturated heterocycles. The zero-order valence-electron chi connectivity index (χ0n) is 21.1. The number of thioether (sulfide) groups is 1. The Morgan fingerprint density at radius 3 is 2.50 bits per heavy atom. The molecule has 1 aromatic heterocycles. The number of ketones is 1. The van der Waals surface area contributed by atoms with E-state index in [2.05, 4.69) is 15.5 Å². The molecule has 0 spiro atoms. The summed E-state index contributed by atoms with van der Waals surface area (Å²) in [7, 11) is 1.63. The molecule has 7 nitrogen and oxygen atoms in total. The van der Waals surface area contributed by atoms with Gasteiger partial charge in [0.25, 0.3) is 0 Å². The van der Waals surface area contributed by atoms with E-state index in [1.807, 2.05) is 83.4 Å². The number of nitrogens with zero attached hydrogens (tertiary/aromatic N) is 3. The zero-order chi connectivity index (χ0) is 26.7. The molecule has 1 N–H and O–H groups in total. The molecule has 0 aliphatic heterocycles. The van der Waals surface area contributed by atoms with Gasteiger partial charge in [0.1, 0.15) is 11.6 Å². The molecule has 3 aromatic carbocycles. The van der Waals surface area contributed by atoms with Crippen molar-refractivity contribution in [3.8, 4) is 11.4 Å². The number of carbonyl (C=O) groups is 2. The van der Waals surface area contributed by atoms with E-state index in [0.717, 1.165) is 29.2 Å². The number of nitrogens with one attached hydrogen (secondary N) is 1. The minimum Gasteiger partial charge on any atom is -0.497 e. The quantitative estimate of drug-likeness (QED) is 0.126. The summed E-state index contributed by atoms with van der Waals surface area (Å²) in [6.07, 6.45) is 2.54. The van der Waals surface area contributed by atoms with Crippen LogP contribution in [0.25, 0.3) is 5.69 Å². The van der Waals surface area contributed by atoms with Crippen LogP contribution in [0.3, 0.4) is 0 Å². The lowest BCUT2D eigenvalue weighted by Gasteiger charge is -2.11. The molecule has 4 rings (SSSR count). The summed E-state index contributed by atoms with van der Waals surface area (Å²) in [5.74, 6) is 1.83. The van der Waals surface area contributed by atoms with E-state index in [9.17, 15) is 9.59 Å². The molecule has 0 saturated carbocycles. The molecule has 38 heavy (non-hydrogen) atoms. The predicted octanol–water partition coefficient (Wildman–Crippen LogP) is 5.93. The fourth-order valence-electron chi connectivity index (χ4n) is 3.87. The zero-order valence-corrected chi connectivity index (χ0v) is 22.7. The third-order valence-corrected chi connectivity index (χ3v) is 7.06. The molecule has 0 bridgehead atoms. The molecule has 0 aliphatic rings. The van der Waals surface area contributed by atoms with Gasteiger partial charge in [-0.1, -0.05) is 71.9 Å². The number of rotatable bonds is 13. The van der Waals surface area contributed by atoms with Gasteiger partial charge in [0.05, 0.1) is 18.6 Å². The molecule has 4 aromatic rings. The van der Waals surface area contributed by atoms with Crippen LogP contribution >= 0.6 is 23.4 Å². The minimum atomic E-state index is 0.00722. The maximum absolute atomic E-state index is 12.6. The molecule has 0 atom stereocenters. The van der Waals surface area contributed by atoms with Crippen LogP contribution in [-0.2, 0) is 17.8 Å². The minimum absolute atomic E-state index is 0.00722. The molecule has 0 unspecified atom stereocenters. The van der Waals surface area contributed by atoms with Gasteiger partial charge < -0.3 is 10.1 Å². The van der Waals surface area contributed by atoms with E-state index < -0.39 is 0 Å². The highest BCUT2D eigenvalue weighted by Gasteiger charge is 2.17. The monoisotopic (exact) mass is 548 g/mol. The summed E-state index contributed by atoms with van der Waals surface area (Å²) in [6, 6.07) is 24.3. The summed E-state index contributed by atoms with van der Waals surface area (Å²) in [5.41, 5.74) is 2.52. The van der Waals surface area contributed by atoms with Crippen molar-refractivity contribution < 1.29 is 14.3 Å². The van der Waals surface area contributed by atoms with Crippen LogP contribution in [0, 0.1) is 0 Å². The van der Waals surface area contributed by atoms with Crippen molar-refractivity contribution in [1.82, 2.24) is 20.1 Å². The maximum Gasteiger partial charge on any atom is 0.220 e. The summed E-state index contributed by atoms with van der Waals surface area (Å²) >= 11 is 7.61. The van der Waals surface area contributed by atoms with Crippen molar-refractivity contribution in [3.63, 3.8) is 0 Å². The third kappa shape index (κ3) is 7.69. The van der Waals surface area contributed by atoms with Crippen LogP contribution in [0.15, 0.2) is 84.0 Å². The first-order valence-corrected chi connectivity index (χ1v) is 13.7. The Morgan fingerprint density at radius 2 is 1.76 bits per heavy atom. The van der Waals surface area contributed by atoms with E-state index in [-0.39, 0.29) is 17.4 Å². The highest BCUT2D eigenvalue weighted by molar-refractivity contribution is 7.99. The number of halogens is 1. The lowest BCUT2D eigenvalue weighted by Crippen LogP contribution is -2.22. The Bertz CT molecular complexity index is 1360. The molecule has 1 heterocycles. The average Bonchev–Trinajstić information content (AvgIpc) is 3.36. The van der Waals surface area contributed by atoms with Crippen molar-refractivity contribution in [2.45, 2.75) is 37.4 Å². The van der Waals surface area contributed by atoms with Gasteiger partial charge in [0, 0.05) is 30.0 Å². The number of benzene rings is 3. The van der Waals surface area contributed by atoms with Crippen molar-refractivity contribution in [2.24, 2.45) is 0 Å². The number of hydrogen-bond donors (Lipinski definition) is 1. The fourth-order valence-corrected chi connectivity index (χ4v) is 4.92. The van der Waals surface area contributed by atoms with E-state index in [1.165, 1.54) is 11.8 Å². The largest absolute Gasteiger partial charge is 0.497 e. The first kappa shape index (κ1) is 27.4. The molecule has 9 heteroatoms. The number of amides is 1.